The van der Waals surface area contributed by atoms with Crippen LogP contribution in [0.5, 0.6) is 0 Å². The average Bonchev–Trinajstić information content (AvgIpc) is 3.44. The molecule has 174 valence electrons. The first-order chi connectivity index (χ1) is 15.7. The van der Waals surface area contributed by atoms with Gasteiger partial charge in [0.1, 0.15) is 11.9 Å². The third-order valence-corrected chi connectivity index (χ3v) is 7.29. The van der Waals surface area contributed by atoms with Crippen LogP contribution in [-0.4, -0.2) is 35.3 Å². The summed E-state index contributed by atoms with van der Waals surface area (Å²) in [6, 6.07) is 11.2. The number of nitrogens with zero attached hydrogens (tertiary/aromatic N) is 3. The highest BCUT2D eigenvalue weighted by molar-refractivity contribution is 7.89. The Kier molecular flexibility index (Phi) is 6.57. The van der Waals surface area contributed by atoms with Crippen molar-refractivity contribution in [1.29, 1.82) is 0 Å². The van der Waals surface area contributed by atoms with Gasteiger partial charge in [-0.05, 0) is 67.3 Å². The van der Waals surface area contributed by atoms with Crippen molar-refractivity contribution in [3.05, 3.63) is 60.2 Å². The Balaban J connectivity index is 1.52. The Hall–Kier alpha value is -3.11. The minimum absolute atomic E-state index is 0.117. The van der Waals surface area contributed by atoms with Crippen LogP contribution in [-0.2, 0) is 14.8 Å². The van der Waals surface area contributed by atoms with E-state index in [1.807, 2.05) is 13.8 Å². The summed E-state index contributed by atoms with van der Waals surface area (Å²) in [4.78, 5) is 16.4. The lowest BCUT2D eigenvalue weighted by atomic mass is 10.1. The molecule has 2 aromatic carbocycles. The van der Waals surface area contributed by atoms with Crippen LogP contribution in [0.4, 0.5) is 10.1 Å². The molecule has 0 bridgehead atoms. The Bertz CT molecular complexity index is 1220. The van der Waals surface area contributed by atoms with E-state index in [4.69, 9.17) is 4.52 Å². The second-order valence-electron chi connectivity index (χ2n) is 8.41. The lowest BCUT2D eigenvalue weighted by Gasteiger charge is -2.21. The molecule has 0 saturated carbocycles. The number of amides is 1. The first-order valence-electron chi connectivity index (χ1n) is 10.8. The van der Waals surface area contributed by atoms with Crippen LogP contribution in [0.3, 0.4) is 0 Å². The summed E-state index contributed by atoms with van der Waals surface area (Å²) in [5.41, 5.74) is 1.12. The maximum Gasteiger partial charge on any atom is 0.245 e. The van der Waals surface area contributed by atoms with Gasteiger partial charge in [0.25, 0.3) is 0 Å². The number of hydrogen-bond acceptors (Lipinski definition) is 6. The lowest BCUT2D eigenvalue weighted by Crippen LogP contribution is -2.30. The van der Waals surface area contributed by atoms with E-state index in [2.05, 4.69) is 15.5 Å². The van der Waals surface area contributed by atoms with Gasteiger partial charge in [-0.25, -0.2) is 12.8 Å². The van der Waals surface area contributed by atoms with E-state index in [1.54, 1.807) is 12.1 Å². The van der Waals surface area contributed by atoms with Gasteiger partial charge in [-0.3, -0.25) is 4.79 Å². The van der Waals surface area contributed by atoms with Crippen LogP contribution in [0.2, 0.25) is 0 Å². The van der Waals surface area contributed by atoms with Crippen LogP contribution in [0.25, 0.3) is 11.4 Å². The molecular formula is C23H25FN4O4S. The highest BCUT2D eigenvalue weighted by Crippen LogP contribution is 2.36. The molecule has 1 aliphatic heterocycles. The fourth-order valence-electron chi connectivity index (χ4n) is 3.79. The minimum Gasteiger partial charge on any atom is -0.337 e. The number of aromatic nitrogens is 2. The second-order valence-corrected chi connectivity index (χ2v) is 10.3. The summed E-state index contributed by atoms with van der Waals surface area (Å²) in [5.74, 6) is 0.211. The molecule has 0 unspecified atom stereocenters. The van der Waals surface area contributed by atoms with E-state index < -0.39 is 16.1 Å². The largest absolute Gasteiger partial charge is 0.337 e. The van der Waals surface area contributed by atoms with Crippen molar-refractivity contribution in [3.8, 4) is 11.4 Å². The summed E-state index contributed by atoms with van der Waals surface area (Å²) in [6.07, 6.45) is 1.59. The number of nitrogens with one attached hydrogen (secondary N) is 1. The molecule has 2 heterocycles. The summed E-state index contributed by atoms with van der Waals surface area (Å²) in [6.45, 7) is 4.23. The summed E-state index contributed by atoms with van der Waals surface area (Å²) in [5, 5.41) is 6.71. The molecule has 10 heteroatoms. The molecule has 1 fully saturated rings. The number of sulfonamides is 1. The van der Waals surface area contributed by atoms with Gasteiger partial charge in [-0.1, -0.05) is 19.0 Å². The molecular weight excluding hydrogens is 447 g/mol. The molecule has 0 spiro atoms. The second kappa shape index (κ2) is 9.40. The Morgan fingerprint density at radius 3 is 2.55 bits per heavy atom. The van der Waals surface area contributed by atoms with Gasteiger partial charge >= 0.3 is 0 Å². The number of carbonyl (C=O) groups excluding carboxylic acids is 1. The van der Waals surface area contributed by atoms with E-state index in [0.717, 1.165) is 0 Å². The molecule has 0 radical (unpaired) electrons. The topological polar surface area (TPSA) is 105 Å². The van der Waals surface area contributed by atoms with Crippen LogP contribution < -0.4 is 5.32 Å². The summed E-state index contributed by atoms with van der Waals surface area (Å²) >= 11 is 0. The van der Waals surface area contributed by atoms with Crippen molar-refractivity contribution in [2.75, 3.05) is 11.9 Å². The molecule has 1 aliphatic rings. The molecule has 1 aromatic heterocycles. The highest BCUT2D eigenvalue weighted by atomic mass is 32.2. The molecule has 1 N–H and O–H groups in total. The van der Waals surface area contributed by atoms with Gasteiger partial charge in [0, 0.05) is 24.2 Å². The molecule has 8 nitrogen and oxygen atoms in total. The van der Waals surface area contributed by atoms with Crippen molar-refractivity contribution in [2.24, 2.45) is 5.92 Å². The maximum atomic E-state index is 13.3. The number of hydrogen-bond donors (Lipinski definition) is 1. The molecule has 1 saturated heterocycles. The number of halogens is 1. The van der Waals surface area contributed by atoms with E-state index in [9.17, 15) is 17.6 Å². The first-order valence-corrected chi connectivity index (χ1v) is 12.2. The smallest absolute Gasteiger partial charge is 0.245 e. The Morgan fingerprint density at radius 2 is 1.88 bits per heavy atom. The number of anilines is 1. The SMILES string of the molecule is CC(C)CC(=O)Nc1ccc(S(=O)(=O)N2CCC[C@@H]2c2nc(-c3ccc(F)cc3)no2)cc1. The molecule has 33 heavy (non-hydrogen) atoms. The number of rotatable bonds is 7. The normalized spacial score (nSPS) is 16.9. The van der Waals surface area contributed by atoms with Crippen molar-refractivity contribution in [3.63, 3.8) is 0 Å². The van der Waals surface area contributed by atoms with Crippen LogP contribution in [0.1, 0.15) is 45.0 Å². The van der Waals surface area contributed by atoms with Gasteiger partial charge in [-0.15, -0.1) is 0 Å². The molecule has 1 amide bonds. The average molecular weight is 473 g/mol. The predicted molar refractivity (Wildman–Crippen MR) is 120 cm³/mol. The van der Waals surface area contributed by atoms with Crippen LogP contribution in [0, 0.1) is 11.7 Å². The third kappa shape index (κ3) is 5.12. The highest BCUT2D eigenvalue weighted by Gasteiger charge is 2.39. The Morgan fingerprint density at radius 1 is 1.18 bits per heavy atom. The molecule has 4 rings (SSSR count). The van der Waals surface area contributed by atoms with Crippen molar-refractivity contribution in [1.82, 2.24) is 14.4 Å². The quantitative estimate of drug-likeness (QED) is 0.547. The Labute approximate surface area is 191 Å². The standard InChI is InChI=1S/C23H25FN4O4S/c1-15(2)14-21(29)25-18-9-11-19(12-10-18)33(30,31)28-13-3-4-20(28)23-26-22(27-32-23)16-5-7-17(24)8-6-16/h5-12,15,20H,3-4,13-14H2,1-2H3,(H,25,29)/t20-/m1/s1. The first kappa shape index (κ1) is 23.1. The van der Waals surface area contributed by atoms with E-state index in [0.29, 0.717) is 37.1 Å². The molecule has 0 aliphatic carbocycles. The predicted octanol–water partition coefficient (Wildman–Crippen LogP) is 4.39. The molecule has 1 atom stereocenters. The maximum absolute atomic E-state index is 13.3. The third-order valence-electron chi connectivity index (χ3n) is 5.37. The number of carbonyl (C=O) groups is 1. The zero-order chi connectivity index (χ0) is 23.6. The summed E-state index contributed by atoms with van der Waals surface area (Å²) in [7, 11) is -3.82. The lowest BCUT2D eigenvalue weighted by molar-refractivity contribution is -0.116. The molecule has 3 aromatic rings. The van der Waals surface area contributed by atoms with Gasteiger partial charge < -0.3 is 9.84 Å². The van der Waals surface area contributed by atoms with Crippen molar-refractivity contribution in [2.45, 2.75) is 44.0 Å². The van der Waals surface area contributed by atoms with Crippen molar-refractivity contribution < 1.29 is 22.1 Å². The van der Waals surface area contributed by atoms with Gasteiger partial charge in [0.15, 0.2) is 0 Å². The monoisotopic (exact) mass is 472 g/mol. The fourth-order valence-corrected chi connectivity index (χ4v) is 5.44. The van der Waals surface area contributed by atoms with Gasteiger partial charge in [-0.2, -0.15) is 9.29 Å². The van der Waals surface area contributed by atoms with Crippen LogP contribution >= 0.6 is 0 Å². The van der Waals surface area contributed by atoms with E-state index in [1.165, 1.54) is 40.7 Å². The zero-order valence-electron chi connectivity index (χ0n) is 18.4. The minimum atomic E-state index is -3.82. The number of benzene rings is 2. The van der Waals surface area contributed by atoms with Crippen LogP contribution in [0.15, 0.2) is 57.9 Å². The van der Waals surface area contributed by atoms with E-state index in [-0.39, 0.29) is 34.3 Å². The summed E-state index contributed by atoms with van der Waals surface area (Å²) < 4.78 is 46.6. The van der Waals surface area contributed by atoms with Gasteiger partial charge in [0.05, 0.1) is 4.90 Å². The van der Waals surface area contributed by atoms with E-state index >= 15 is 0 Å². The fraction of sp³-hybridized carbons (Fsp3) is 0.348. The zero-order valence-corrected chi connectivity index (χ0v) is 19.2. The van der Waals surface area contributed by atoms with Crippen molar-refractivity contribution >= 4 is 21.6 Å². The van der Waals surface area contributed by atoms with Gasteiger partial charge in [0.2, 0.25) is 27.6 Å².